The average Bonchev–Trinajstić information content (AvgIpc) is 2.86. The number of aryl methyl sites for hydroxylation is 3. The lowest BCUT2D eigenvalue weighted by atomic mass is 10.1. The van der Waals surface area contributed by atoms with Crippen LogP contribution in [-0.4, -0.2) is 49.5 Å². The molecule has 1 aliphatic heterocycles. The topological polar surface area (TPSA) is 61.9 Å². The van der Waals surface area contributed by atoms with Crippen LogP contribution in [0.2, 0.25) is 5.02 Å². The van der Waals surface area contributed by atoms with Crippen molar-refractivity contribution in [3.8, 4) is 5.75 Å². The second kappa shape index (κ2) is 10.8. The number of piperazine rings is 1. The summed E-state index contributed by atoms with van der Waals surface area (Å²) in [5.74, 6) is 0.480. The molecule has 3 aromatic carbocycles. The zero-order valence-corrected chi connectivity index (χ0v) is 21.1. The van der Waals surface area contributed by atoms with Crippen LogP contribution in [0.15, 0.2) is 60.7 Å². The van der Waals surface area contributed by atoms with Crippen molar-refractivity contribution in [3.05, 3.63) is 87.9 Å². The number of ether oxygens (including phenoxy) is 1. The van der Waals surface area contributed by atoms with Crippen LogP contribution < -0.4 is 15.0 Å². The molecule has 1 fully saturated rings. The van der Waals surface area contributed by atoms with Crippen LogP contribution in [-0.2, 0) is 4.79 Å². The maximum Gasteiger partial charge on any atom is 0.262 e. The third-order valence-electron chi connectivity index (χ3n) is 6.24. The van der Waals surface area contributed by atoms with E-state index in [1.165, 1.54) is 0 Å². The maximum absolute atomic E-state index is 12.9. The molecule has 0 aliphatic carbocycles. The molecule has 1 N–H and O–H groups in total. The summed E-state index contributed by atoms with van der Waals surface area (Å²) in [5.41, 5.74) is 5.37. The van der Waals surface area contributed by atoms with Gasteiger partial charge in [0, 0.05) is 48.1 Å². The number of nitrogens with one attached hydrogen (secondary N) is 1. The van der Waals surface area contributed by atoms with E-state index in [1.54, 1.807) is 0 Å². The van der Waals surface area contributed by atoms with E-state index in [0.717, 1.165) is 41.0 Å². The zero-order chi connectivity index (χ0) is 24.9. The van der Waals surface area contributed by atoms with Gasteiger partial charge in [0.25, 0.3) is 11.8 Å². The summed E-state index contributed by atoms with van der Waals surface area (Å²) >= 11 is 6.18. The van der Waals surface area contributed by atoms with Crippen LogP contribution in [0, 0.1) is 20.8 Å². The molecule has 182 valence electrons. The first-order chi connectivity index (χ1) is 16.8. The SMILES string of the molecule is Cc1ccccc1C(=O)N1CCN(c2ccc(NC(=O)COc3cc(C)c(Cl)c(C)c3)cc2)CC1. The van der Waals surface area contributed by atoms with Crippen molar-refractivity contribution in [1.82, 2.24) is 4.90 Å². The molecular weight excluding hydrogens is 462 g/mol. The Morgan fingerprint density at radius 3 is 2.14 bits per heavy atom. The number of rotatable bonds is 6. The van der Waals surface area contributed by atoms with Gasteiger partial charge in [0.05, 0.1) is 0 Å². The van der Waals surface area contributed by atoms with Crippen molar-refractivity contribution < 1.29 is 14.3 Å². The minimum absolute atomic E-state index is 0.0842. The van der Waals surface area contributed by atoms with Gasteiger partial charge in [0.1, 0.15) is 5.75 Å². The highest BCUT2D eigenvalue weighted by Gasteiger charge is 2.23. The highest BCUT2D eigenvalue weighted by atomic mass is 35.5. The standard InChI is InChI=1S/C28H30ClN3O3/c1-19-6-4-5-7-25(19)28(34)32-14-12-31(13-15-32)23-10-8-22(9-11-23)30-26(33)18-35-24-16-20(2)27(29)21(3)17-24/h4-11,16-17H,12-15,18H2,1-3H3,(H,30,33). The number of anilines is 2. The molecule has 3 aromatic rings. The first-order valence-electron chi connectivity index (χ1n) is 11.7. The van der Waals surface area contributed by atoms with Crippen LogP contribution in [0.3, 0.4) is 0 Å². The molecule has 4 rings (SSSR count). The minimum Gasteiger partial charge on any atom is -0.484 e. The van der Waals surface area contributed by atoms with E-state index in [-0.39, 0.29) is 18.4 Å². The summed E-state index contributed by atoms with van der Waals surface area (Å²) in [6, 6.07) is 19.1. The van der Waals surface area contributed by atoms with Crippen molar-refractivity contribution >= 4 is 34.8 Å². The first kappa shape index (κ1) is 24.6. The summed E-state index contributed by atoms with van der Waals surface area (Å²) in [6.45, 7) is 8.57. The number of halogens is 1. The summed E-state index contributed by atoms with van der Waals surface area (Å²) in [5, 5.41) is 3.58. The fraction of sp³-hybridized carbons (Fsp3) is 0.286. The largest absolute Gasteiger partial charge is 0.484 e. The van der Waals surface area contributed by atoms with Crippen LogP contribution in [0.1, 0.15) is 27.0 Å². The molecule has 1 heterocycles. The molecule has 1 saturated heterocycles. The Labute approximate surface area is 211 Å². The molecule has 7 heteroatoms. The number of hydrogen-bond acceptors (Lipinski definition) is 4. The molecule has 0 aromatic heterocycles. The maximum atomic E-state index is 12.9. The number of benzene rings is 3. The molecule has 0 unspecified atom stereocenters. The lowest BCUT2D eigenvalue weighted by Crippen LogP contribution is -2.48. The van der Waals surface area contributed by atoms with Crippen molar-refractivity contribution in [2.24, 2.45) is 0 Å². The number of amides is 2. The van der Waals surface area contributed by atoms with Crippen LogP contribution in [0.5, 0.6) is 5.75 Å². The highest BCUT2D eigenvalue weighted by molar-refractivity contribution is 6.32. The third kappa shape index (κ3) is 5.95. The van der Waals surface area contributed by atoms with E-state index >= 15 is 0 Å². The predicted molar refractivity (Wildman–Crippen MR) is 141 cm³/mol. The summed E-state index contributed by atoms with van der Waals surface area (Å²) in [7, 11) is 0. The Morgan fingerprint density at radius 1 is 0.886 bits per heavy atom. The molecule has 35 heavy (non-hydrogen) atoms. The van der Waals surface area contributed by atoms with Crippen LogP contribution >= 0.6 is 11.6 Å². The molecule has 0 atom stereocenters. The molecule has 2 amide bonds. The van der Waals surface area contributed by atoms with Gasteiger partial charge in [-0.25, -0.2) is 0 Å². The Hall–Kier alpha value is -3.51. The molecule has 1 aliphatic rings. The van der Waals surface area contributed by atoms with E-state index in [4.69, 9.17) is 16.3 Å². The number of nitrogens with zero attached hydrogens (tertiary/aromatic N) is 2. The van der Waals surface area contributed by atoms with Crippen molar-refractivity contribution in [2.75, 3.05) is 43.0 Å². The molecular formula is C28H30ClN3O3. The fourth-order valence-electron chi connectivity index (χ4n) is 4.24. The number of hydrogen-bond donors (Lipinski definition) is 1. The van der Waals surface area contributed by atoms with Gasteiger partial charge < -0.3 is 19.9 Å². The van der Waals surface area contributed by atoms with Gasteiger partial charge in [0.2, 0.25) is 0 Å². The molecule has 0 bridgehead atoms. The summed E-state index contributed by atoms with van der Waals surface area (Å²) in [4.78, 5) is 29.4. The minimum atomic E-state index is -0.230. The number of carbonyl (C=O) groups is 2. The van der Waals surface area contributed by atoms with Crippen LogP contribution in [0.4, 0.5) is 11.4 Å². The highest BCUT2D eigenvalue weighted by Crippen LogP contribution is 2.26. The molecule has 6 nitrogen and oxygen atoms in total. The lowest BCUT2D eigenvalue weighted by molar-refractivity contribution is -0.118. The smallest absolute Gasteiger partial charge is 0.262 e. The monoisotopic (exact) mass is 491 g/mol. The van der Waals surface area contributed by atoms with Gasteiger partial charge in [-0.1, -0.05) is 29.8 Å². The van der Waals surface area contributed by atoms with E-state index < -0.39 is 0 Å². The van der Waals surface area contributed by atoms with E-state index in [1.807, 2.05) is 86.3 Å². The van der Waals surface area contributed by atoms with Crippen molar-refractivity contribution in [1.29, 1.82) is 0 Å². The molecule has 0 radical (unpaired) electrons. The summed E-state index contributed by atoms with van der Waals surface area (Å²) in [6.07, 6.45) is 0. The fourth-order valence-corrected chi connectivity index (χ4v) is 4.35. The average molecular weight is 492 g/mol. The van der Waals surface area contributed by atoms with Gasteiger partial charge in [-0.05, 0) is 79.9 Å². The Morgan fingerprint density at radius 2 is 1.51 bits per heavy atom. The van der Waals surface area contributed by atoms with E-state index in [9.17, 15) is 9.59 Å². The second-order valence-electron chi connectivity index (χ2n) is 8.85. The number of carbonyl (C=O) groups excluding carboxylic acids is 2. The van der Waals surface area contributed by atoms with Gasteiger partial charge in [-0.3, -0.25) is 9.59 Å². The molecule has 0 spiro atoms. The van der Waals surface area contributed by atoms with Gasteiger partial charge in [-0.15, -0.1) is 0 Å². The van der Waals surface area contributed by atoms with E-state index in [0.29, 0.717) is 29.5 Å². The Balaban J connectivity index is 1.27. The van der Waals surface area contributed by atoms with Gasteiger partial charge in [0.15, 0.2) is 6.61 Å². The third-order valence-corrected chi connectivity index (χ3v) is 6.83. The quantitative estimate of drug-likeness (QED) is 0.512. The van der Waals surface area contributed by atoms with Crippen molar-refractivity contribution in [3.63, 3.8) is 0 Å². The van der Waals surface area contributed by atoms with E-state index in [2.05, 4.69) is 10.2 Å². The van der Waals surface area contributed by atoms with Gasteiger partial charge >= 0.3 is 0 Å². The van der Waals surface area contributed by atoms with Crippen molar-refractivity contribution in [2.45, 2.75) is 20.8 Å². The molecule has 0 saturated carbocycles. The second-order valence-corrected chi connectivity index (χ2v) is 9.23. The zero-order valence-electron chi connectivity index (χ0n) is 20.3. The lowest BCUT2D eigenvalue weighted by Gasteiger charge is -2.36. The predicted octanol–water partition coefficient (Wildman–Crippen LogP) is 5.25. The van der Waals surface area contributed by atoms with Crippen LogP contribution in [0.25, 0.3) is 0 Å². The normalized spacial score (nSPS) is 13.5. The van der Waals surface area contributed by atoms with Gasteiger partial charge in [-0.2, -0.15) is 0 Å². The Kier molecular flexibility index (Phi) is 7.61. The summed E-state index contributed by atoms with van der Waals surface area (Å²) < 4.78 is 5.63. The first-order valence-corrected chi connectivity index (χ1v) is 12.1. The Bertz CT molecular complexity index is 1200.